The van der Waals surface area contributed by atoms with E-state index < -0.39 is 0 Å². The van der Waals surface area contributed by atoms with Crippen molar-refractivity contribution < 1.29 is 4.79 Å². The third-order valence-corrected chi connectivity index (χ3v) is 6.12. The minimum Gasteiger partial charge on any atom is -0.378 e. The molecule has 3 aromatic rings. The zero-order chi connectivity index (χ0) is 24.1. The van der Waals surface area contributed by atoms with Crippen molar-refractivity contribution in [2.45, 2.75) is 6.54 Å². The number of carbonyl (C=O) groups excluding carboxylic acids is 1. The molecule has 4 heteroatoms. The van der Waals surface area contributed by atoms with Crippen molar-refractivity contribution in [1.29, 1.82) is 0 Å². The van der Waals surface area contributed by atoms with Crippen molar-refractivity contribution in [3.63, 3.8) is 0 Å². The predicted molar refractivity (Wildman–Crippen MR) is 144 cm³/mol. The van der Waals surface area contributed by atoms with Gasteiger partial charge in [-0.25, -0.2) is 0 Å². The summed E-state index contributed by atoms with van der Waals surface area (Å²) in [6, 6.07) is 27.1. The van der Waals surface area contributed by atoms with Gasteiger partial charge in [0.1, 0.15) is 0 Å². The van der Waals surface area contributed by atoms with Gasteiger partial charge in [0.15, 0.2) is 5.78 Å². The zero-order valence-corrected chi connectivity index (χ0v) is 20.5. The van der Waals surface area contributed by atoms with Crippen molar-refractivity contribution in [2.75, 3.05) is 51.1 Å². The van der Waals surface area contributed by atoms with Crippen LogP contribution in [0, 0.1) is 0 Å². The summed E-state index contributed by atoms with van der Waals surface area (Å²) in [6.45, 7) is 2.09. The summed E-state index contributed by atoms with van der Waals surface area (Å²) < 4.78 is 0. The average molecular weight is 452 g/mol. The molecule has 4 rings (SSSR count). The van der Waals surface area contributed by atoms with Crippen LogP contribution in [0.4, 0.5) is 11.4 Å². The quantitative estimate of drug-likeness (QED) is 0.471. The number of anilines is 2. The van der Waals surface area contributed by atoms with Crippen molar-refractivity contribution in [3.8, 4) is 0 Å². The smallest absolute Gasteiger partial charge is 0.187 e. The Bertz CT molecular complexity index is 1100. The van der Waals surface area contributed by atoms with Gasteiger partial charge in [0.25, 0.3) is 0 Å². The standard InChI is InChI=1S/C30H33N3O/c1-31(2)28-14-10-23(11-15-28)18-26-21-33(20-25-8-6-5-7-9-25)22-27(30(26)34)19-24-12-16-29(17-13-24)32(3)4/h5-19H,20-22H2,1-4H3. The van der Waals surface area contributed by atoms with Crippen LogP contribution >= 0.6 is 0 Å². The van der Waals surface area contributed by atoms with Crippen LogP contribution in [0.15, 0.2) is 90.0 Å². The maximum Gasteiger partial charge on any atom is 0.187 e. The van der Waals surface area contributed by atoms with Crippen LogP contribution in [-0.2, 0) is 11.3 Å². The monoisotopic (exact) mass is 451 g/mol. The molecule has 0 spiro atoms. The van der Waals surface area contributed by atoms with E-state index in [9.17, 15) is 4.79 Å². The topological polar surface area (TPSA) is 26.8 Å². The molecule has 0 aliphatic carbocycles. The van der Waals surface area contributed by atoms with Crippen LogP contribution in [0.2, 0.25) is 0 Å². The number of likely N-dealkylation sites (tertiary alicyclic amines) is 1. The van der Waals surface area contributed by atoms with Crippen molar-refractivity contribution in [2.24, 2.45) is 0 Å². The molecule has 4 nitrogen and oxygen atoms in total. The van der Waals surface area contributed by atoms with Gasteiger partial charge in [-0.05, 0) is 53.1 Å². The van der Waals surface area contributed by atoms with Gasteiger partial charge in [-0.3, -0.25) is 9.69 Å². The van der Waals surface area contributed by atoms with E-state index in [0.717, 1.165) is 40.2 Å². The molecule has 0 atom stereocenters. The van der Waals surface area contributed by atoms with Crippen molar-refractivity contribution in [3.05, 3.63) is 107 Å². The second-order valence-electron chi connectivity index (χ2n) is 9.27. The zero-order valence-electron chi connectivity index (χ0n) is 20.5. The molecule has 174 valence electrons. The van der Waals surface area contributed by atoms with Gasteiger partial charge < -0.3 is 9.80 Å². The molecule has 3 aromatic carbocycles. The first kappa shape index (κ1) is 23.5. The summed E-state index contributed by atoms with van der Waals surface area (Å²) in [5.41, 5.74) is 7.29. The van der Waals surface area contributed by atoms with Crippen molar-refractivity contribution >= 4 is 29.3 Å². The Morgan fingerprint density at radius 1 is 0.676 bits per heavy atom. The fourth-order valence-corrected chi connectivity index (χ4v) is 4.20. The average Bonchev–Trinajstić information content (AvgIpc) is 2.83. The molecular formula is C30H33N3O. The van der Waals surface area contributed by atoms with Gasteiger partial charge >= 0.3 is 0 Å². The molecule has 1 saturated heterocycles. The molecule has 0 amide bonds. The summed E-state index contributed by atoms with van der Waals surface area (Å²) >= 11 is 0. The first-order valence-corrected chi connectivity index (χ1v) is 11.7. The summed E-state index contributed by atoms with van der Waals surface area (Å²) in [4.78, 5) is 20.0. The van der Waals surface area contributed by atoms with E-state index in [2.05, 4.69) is 87.5 Å². The Morgan fingerprint density at radius 3 is 1.53 bits per heavy atom. The largest absolute Gasteiger partial charge is 0.378 e. The Labute approximate surface area is 203 Å². The van der Waals surface area contributed by atoms with Crippen LogP contribution in [0.25, 0.3) is 12.2 Å². The van der Waals surface area contributed by atoms with E-state index in [4.69, 9.17) is 0 Å². The molecule has 1 aliphatic heterocycles. The van der Waals surface area contributed by atoms with E-state index in [1.54, 1.807) is 0 Å². The number of ketones is 1. The first-order valence-electron chi connectivity index (χ1n) is 11.7. The lowest BCUT2D eigenvalue weighted by molar-refractivity contribution is -0.113. The molecule has 0 radical (unpaired) electrons. The van der Waals surface area contributed by atoms with E-state index in [0.29, 0.717) is 13.1 Å². The highest BCUT2D eigenvalue weighted by Crippen LogP contribution is 2.25. The fourth-order valence-electron chi connectivity index (χ4n) is 4.20. The van der Waals surface area contributed by atoms with Crippen molar-refractivity contribution in [1.82, 2.24) is 4.90 Å². The number of nitrogens with zero attached hydrogens (tertiary/aromatic N) is 3. The van der Waals surface area contributed by atoms with Crippen LogP contribution in [0.5, 0.6) is 0 Å². The lowest BCUT2D eigenvalue weighted by Gasteiger charge is -2.30. The second kappa shape index (κ2) is 10.5. The van der Waals surface area contributed by atoms with E-state index >= 15 is 0 Å². The van der Waals surface area contributed by atoms with E-state index in [-0.39, 0.29) is 5.78 Å². The molecule has 34 heavy (non-hydrogen) atoms. The number of hydrogen-bond acceptors (Lipinski definition) is 4. The van der Waals surface area contributed by atoms with Gasteiger partial charge in [0.2, 0.25) is 0 Å². The molecule has 0 aromatic heterocycles. The lowest BCUT2D eigenvalue weighted by atomic mass is 9.93. The molecule has 0 bridgehead atoms. The third kappa shape index (κ3) is 5.83. The summed E-state index contributed by atoms with van der Waals surface area (Å²) in [6.07, 6.45) is 4.09. The summed E-state index contributed by atoms with van der Waals surface area (Å²) in [5.74, 6) is 0.137. The Kier molecular flexibility index (Phi) is 7.29. The molecule has 0 saturated carbocycles. The number of piperidine rings is 1. The van der Waals surface area contributed by atoms with Gasteiger partial charge in [-0.15, -0.1) is 0 Å². The third-order valence-electron chi connectivity index (χ3n) is 6.12. The normalized spacial score (nSPS) is 16.8. The second-order valence-corrected chi connectivity index (χ2v) is 9.27. The minimum absolute atomic E-state index is 0.137. The first-order chi connectivity index (χ1) is 16.4. The van der Waals surface area contributed by atoms with E-state index in [1.165, 1.54) is 5.56 Å². The van der Waals surface area contributed by atoms with E-state index in [1.807, 2.05) is 46.4 Å². The number of Topliss-reactive ketones (excluding diaryl/α,β-unsaturated/α-hetero) is 1. The predicted octanol–water partition coefficient (Wildman–Crippen LogP) is 5.37. The molecule has 0 unspecified atom stereocenters. The van der Waals surface area contributed by atoms with Gasteiger partial charge in [-0.2, -0.15) is 0 Å². The maximum atomic E-state index is 13.5. The number of benzene rings is 3. The molecule has 1 fully saturated rings. The van der Waals surface area contributed by atoms with Gasteiger partial charge in [0.05, 0.1) is 0 Å². The summed E-state index contributed by atoms with van der Waals surface area (Å²) in [5, 5.41) is 0. The Morgan fingerprint density at radius 2 is 1.12 bits per heavy atom. The van der Waals surface area contributed by atoms with Gasteiger partial charge in [0, 0.05) is 70.3 Å². The number of carbonyl (C=O) groups is 1. The molecule has 1 aliphatic rings. The number of rotatable bonds is 6. The summed E-state index contributed by atoms with van der Waals surface area (Å²) in [7, 11) is 8.12. The highest BCUT2D eigenvalue weighted by atomic mass is 16.1. The molecule has 0 N–H and O–H groups in total. The minimum atomic E-state index is 0.137. The molecule has 1 heterocycles. The Hall–Kier alpha value is -3.63. The van der Waals surface area contributed by atoms with Crippen LogP contribution < -0.4 is 9.80 Å². The Balaban J connectivity index is 1.65. The van der Waals surface area contributed by atoms with Gasteiger partial charge in [-0.1, -0.05) is 54.6 Å². The van der Waals surface area contributed by atoms with Crippen LogP contribution in [0.3, 0.4) is 0 Å². The number of hydrogen-bond donors (Lipinski definition) is 0. The maximum absolute atomic E-state index is 13.5. The van der Waals surface area contributed by atoms with Crippen LogP contribution in [0.1, 0.15) is 16.7 Å². The SMILES string of the molecule is CN(C)c1ccc(C=C2CN(Cc3ccccc3)CC(=Cc3ccc(N(C)C)cc3)C2=O)cc1. The highest BCUT2D eigenvalue weighted by molar-refractivity contribution is 6.14. The molecular weight excluding hydrogens is 418 g/mol. The lowest BCUT2D eigenvalue weighted by Crippen LogP contribution is -2.37. The van der Waals surface area contributed by atoms with Crippen LogP contribution in [-0.4, -0.2) is 52.0 Å². The fraction of sp³-hybridized carbons (Fsp3) is 0.233. The highest BCUT2D eigenvalue weighted by Gasteiger charge is 2.26.